The number of rotatable bonds is 6. The third-order valence-corrected chi connectivity index (χ3v) is 8.09. The fourth-order valence-corrected chi connectivity index (χ4v) is 5.83. The van der Waals surface area contributed by atoms with E-state index in [1.54, 1.807) is 6.20 Å². The number of aryl methyl sites for hydroxylation is 1. The Balaban J connectivity index is 1.20. The van der Waals surface area contributed by atoms with Crippen molar-refractivity contribution < 1.29 is 19.3 Å². The topological polar surface area (TPSA) is 124 Å². The highest BCUT2D eigenvalue weighted by Crippen LogP contribution is 2.45. The van der Waals surface area contributed by atoms with E-state index in [1.165, 1.54) is 11.8 Å². The van der Waals surface area contributed by atoms with E-state index in [0.717, 1.165) is 50.3 Å². The lowest BCUT2D eigenvalue weighted by Gasteiger charge is -2.33. The lowest BCUT2D eigenvalue weighted by molar-refractivity contribution is 0.0142. The Labute approximate surface area is 228 Å². The van der Waals surface area contributed by atoms with Gasteiger partial charge in [0, 0.05) is 30.8 Å². The zero-order chi connectivity index (χ0) is 27.0. The van der Waals surface area contributed by atoms with Gasteiger partial charge in [0.2, 0.25) is 0 Å². The maximum Gasteiger partial charge on any atom is 0.263 e. The number of ether oxygens (including phenoxy) is 3. The number of morpholine rings is 1. The molecule has 2 atom stereocenters. The van der Waals surface area contributed by atoms with Crippen LogP contribution in [0.3, 0.4) is 0 Å². The number of nitrogen functional groups attached to an aromatic ring is 1. The molecular weight excluding hydrogens is 498 g/mol. The molecule has 2 aromatic heterocycles. The average molecular weight is 536 g/mol. The lowest BCUT2D eigenvalue weighted by atomic mass is 9.92. The predicted octanol–water partition coefficient (Wildman–Crippen LogP) is 2.81. The van der Waals surface area contributed by atoms with Crippen LogP contribution in [0.5, 0.6) is 11.6 Å². The number of aliphatic hydroxyl groups is 1. The lowest BCUT2D eigenvalue weighted by Crippen LogP contribution is -2.37. The van der Waals surface area contributed by atoms with Crippen LogP contribution in [0.2, 0.25) is 0 Å². The van der Waals surface area contributed by atoms with Crippen LogP contribution < -0.4 is 15.4 Å². The van der Waals surface area contributed by atoms with Crippen molar-refractivity contribution in [2.75, 3.05) is 63.7 Å². The van der Waals surface area contributed by atoms with Crippen molar-refractivity contribution in [1.82, 2.24) is 24.6 Å². The van der Waals surface area contributed by atoms with Crippen molar-refractivity contribution >= 4 is 11.5 Å². The van der Waals surface area contributed by atoms with Gasteiger partial charge in [-0.2, -0.15) is 5.10 Å². The minimum Gasteiger partial charge on any atom is -0.433 e. The van der Waals surface area contributed by atoms with Gasteiger partial charge in [-0.05, 0) is 45.5 Å². The van der Waals surface area contributed by atoms with Crippen molar-refractivity contribution in [2.24, 2.45) is 0 Å². The molecule has 0 amide bonds. The molecule has 5 heterocycles. The second-order valence-corrected chi connectivity index (χ2v) is 10.9. The van der Waals surface area contributed by atoms with Gasteiger partial charge in [0.15, 0.2) is 11.6 Å². The molecular formula is C28H37N7O4. The molecule has 6 rings (SSSR count). The smallest absolute Gasteiger partial charge is 0.263 e. The summed E-state index contributed by atoms with van der Waals surface area (Å²) in [5, 5.41) is 16.2. The average Bonchev–Trinajstić information content (AvgIpc) is 3.58. The summed E-state index contributed by atoms with van der Waals surface area (Å²) < 4.78 is 19.7. The van der Waals surface area contributed by atoms with Gasteiger partial charge in [-0.1, -0.05) is 18.2 Å². The summed E-state index contributed by atoms with van der Waals surface area (Å²) in [6.07, 6.45) is 7.19. The standard InChI is InChI=1S/C28H37N7O4/c1-19-4-3-5-22(25(19)34-10-12-37-13-11-34)23-14-28(36,18-38-23)24-16-30-26(29)27(32-24)39-21-15-31-35(17-21)20-6-8-33(2)9-7-20/h3-5,15-17,20,23,36H,6-14,18H2,1-2H3,(H2,29,30). The van der Waals surface area contributed by atoms with Gasteiger partial charge in [-0.25, -0.2) is 9.97 Å². The van der Waals surface area contributed by atoms with Crippen LogP contribution in [0.4, 0.5) is 11.5 Å². The summed E-state index contributed by atoms with van der Waals surface area (Å²) in [6.45, 7) is 7.34. The Morgan fingerprint density at radius 2 is 1.92 bits per heavy atom. The summed E-state index contributed by atoms with van der Waals surface area (Å²) in [6, 6.07) is 6.57. The highest BCUT2D eigenvalue weighted by atomic mass is 16.5. The van der Waals surface area contributed by atoms with Crippen molar-refractivity contribution in [3.05, 3.63) is 53.6 Å². The number of likely N-dealkylation sites (tertiary alicyclic amines) is 1. The molecule has 208 valence electrons. The molecule has 0 radical (unpaired) electrons. The number of nitrogens with two attached hydrogens (primary N) is 1. The predicted molar refractivity (Wildman–Crippen MR) is 146 cm³/mol. The summed E-state index contributed by atoms with van der Waals surface area (Å²) in [5.41, 5.74) is 8.57. The Morgan fingerprint density at radius 3 is 2.72 bits per heavy atom. The molecule has 1 aromatic carbocycles. The maximum atomic E-state index is 11.7. The molecule has 0 spiro atoms. The quantitative estimate of drug-likeness (QED) is 0.487. The normalized spacial score (nSPS) is 24.8. The number of benzene rings is 1. The van der Waals surface area contributed by atoms with E-state index in [0.29, 0.717) is 37.1 Å². The summed E-state index contributed by atoms with van der Waals surface area (Å²) in [4.78, 5) is 13.6. The number of nitrogens with zero attached hydrogens (tertiary/aromatic N) is 6. The van der Waals surface area contributed by atoms with E-state index in [9.17, 15) is 5.11 Å². The van der Waals surface area contributed by atoms with Crippen LogP contribution in [0.1, 0.15) is 48.2 Å². The molecule has 0 saturated carbocycles. The van der Waals surface area contributed by atoms with Crippen molar-refractivity contribution in [3.8, 4) is 11.6 Å². The van der Waals surface area contributed by atoms with E-state index < -0.39 is 5.60 Å². The summed E-state index contributed by atoms with van der Waals surface area (Å²) >= 11 is 0. The second kappa shape index (κ2) is 10.7. The molecule has 0 aliphatic carbocycles. The molecule has 3 aliphatic rings. The van der Waals surface area contributed by atoms with Crippen LogP contribution >= 0.6 is 0 Å². The second-order valence-electron chi connectivity index (χ2n) is 10.9. The first-order valence-corrected chi connectivity index (χ1v) is 13.7. The van der Waals surface area contributed by atoms with Crippen molar-refractivity contribution in [3.63, 3.8) is 0 Å². The van der Waals surface area contributed by atoms with E-state index in [2.05, 4.69) is 51.0 Å². The number of hydrogen-bond acceptors (Lipinski definition) is 10. The van der Waals surface area contributed by atoms with Gasteiger partial charge in [-0.15, -0.1) is 0 Å². The van der Waals surface area contributed by atoms with E-state index in [-0.39, 0.29) is 24.4 Å². The minimum atomic E-state index is -1.33. The third kappa shape index (κ3) is 5.31. The van der Waals surface area contributed by atoms with Gasteiger partial charge < -0.3 is 34.9 Å². The number of para-hydroxylation sites is 1. The molecule has 3 aromatic rings. The monoisotopic (exact) mass is 535 g/mol. The van der Waals surface area contributed by atoms with Crippen LogP contribution in [0, 0.1) is 6.92 Å². The fraction of sp³-hybridized carbons (Fsp3) is 0.536. The molecule has 3 saturated heterocycles. The van der Waals surface area contributed by atoms with E-state index in [4.69, 9.17) is 19.9 Å². The molecule has 39 heavy (non-hydrogen) atoms. The van der Waals surface area contributed by atoms with Crippen LogP contribution in [0.15, 0.2) is 36.8 Å². The molecule has 3 aliphatic heterocycles. The van der Waals surface area contributed by atoms with Gasteiger partial charge in [0.25, 0.3) is 5.88 Å². The first-order chi connectivity index (χ1) is 18.9. The van der Waals surface area contributed by atoms with Gasteiger partial charge in [-0.3, -0.25) is 4.68 Å². The Hall–Kier alpha value is -3.25. The van der Waals surface area contributed by atoms with Gasteiger partial charge >= 0.3 is 0 Å². The van der Waals surface area contributed by atoms with E-state index >= 15 is 0 Å². The maximum absolute atomic E-state index is 11.7. The van der Waals surface area contributed by atoms with Crippen LogP contribution in [-0.2, 0) is 15.1 Å². The Kier molecular flexibility index (Phi) is 7.15. The molecule has 11 heteroatoms. The van der Waals surface area contributed by atoms with Crippen LogP contribution in [-0.4, -0.2) is 82.8 Å². The Morgan fingerprint density at radius 1 is 1.13 bits per heavy atom. The first-order valence-electron chi connectivity index (χ1n) is 13.7. The SMILES string of the molecule is Cc1cccc(C2CC(O)(c3cnc(N)c(Oc4cnn(C5CCN(C)CC5)c4)n3)CO2)c1N1CCOCC1. The molecule has 11 nitrogen and oxygen atoms in total. The van der Waals surface area contributed by atoms with Gasteiger partial charge in [0.1, 0.15) is 5.60 Å². The Bertz CT molecular complexity index is 1300. The summed E-state index contributed by atoms with van der Waals surface area (Å²) in [5.74, 6) is 0.838. The number of piperidine rings is 1. The first kappa shape index (κ1) is 26.0. The number of hydrogen-bond donors (Lipinski definition) is 2. The van der Waals surface area contributed by atoms with Crippen molar-refractivity contribution in [2.45, 2.75) is 43.9 Å². The molecule has 3 N–H and O–H groups in total. The molecule has 3 fully saturated rings. The largest absolute Gasteiger partial charge is 0.433 e. The zero-order valence-electron chi connectivity index (χ0n) is 22.6. The molecule has 2 unspecified atom stereocenters. The highest BCUT2D eigenvalue weighted by molar-refractivity contribution is 5.61. The van der Waals surface area contributed by atoms with Crippen LogP contribution in [0.25, 0.3) is 0 Å². The van der Waals surface area contributed by atoms with Gasteiger partial charge in [0.05, 0.1) is 56.3 Å². The zero-order valence-corrected chi connectivity index (χ0v) is 22.6. The number of aromatic nitrogens is 4. The number of anilines is 2. The third-order valence-electron chi connectivity index (χ3n) is 8.09. The molecule has 0 bridgehead atoms. The van der Waals surface area contributed by atoms with E-state index in [1.807, 2.05) is 16.9 Å². The van der Waals surface area contributed by atoms with Crippen molar-refractivity contribution in [1.29, 1.82) is 0 Å². The summed E-state index contributed by atoms with van der Waals surface area (Å²) in [7, 11) is 2.14. The highest BCUT2D eigenvalue weighted by Gasteiger charge is 2.43. The fourth-order valence-electron chi connectivity index (χ4n) is 5.83. The minimum absolute atomic E-state index is 0.0975.